The first-order valence-electron chi connectivity index (χ1n) is 5.34. The average Bonchev–Trinajstić information content (AvgIpc) is 2.27. The van der Waals surface area contributed by atoms with Gasteiger partial charge >= 0.3 is 0 Å². The van der Waals surface area contributed by atoms with Gasteiger partial charge in [0.25, 0.3) is 0 Å². The molecule has 2 heterocycles. The van der Waals surface area contributed by atoms with Crippen LogP contribution in [0.3, 0.4) is 0 Å². The fourth-order valence-corrected chi connectivity index (χ4v) is 1.65. The number of carbonyl (C=O) groups is 1. The van der Waals surface area contributed by atoms with Crippen LogP contribution in [0.2, 0.25) is 5.15 Å². The van der Waals surface area contributed by atoms with Gasteiger partial charge in [0.15, 0.2) is 5.15 Å². The lowest BCUT2D eigenvalue weighted by Gasteiger charge is -2.38. The lowest BCUT2D eigenvalue weighted by molar-refractivity contribution is -0.130. The van der Waals surface area contributed by atoms with Crippen LogP contribution in [0.15, 0.2) is 18.3 Å². The van der Waals surface area contributed by atoms with Crippen LogP contribution in [0.25, 0.3) is 0 Å². The van der Waals surface area contributed by atoms with Crippen LogP contribution in [-0.2, 0) is 9.53 Å². The molecule has 1 aliphatic rings. The second-order valence-electron chi connectivity index (χ2n) is 4.23. The zero-order valence-corrected chi connectivity index (χ0v) is 10.3. The first-order chi connectivity index (χ1) is 8.09. The monoisotopic (exact) mass is 255 g/mol. The van der Waals surface area contributed by atoms with E-state index in [4.69, 9.17) is 16.3 Å². The highest BCUT2D eigenvalue weighted by molar-refractivity contribution is 6.32. The maximum atomic E-state index is 11.6. The summed E-state index contributed by atoms with van der Waals surface area (Å²) < 4.78 is 5.50. The van der Waals surface area contributed by atoms with Crippen molar-refractivity contribution >= 4 is 23.2 Å². The van der Waals surface area contributed by atoms with Gasteiger partial charge in [-0.1, -0.05) is 11.6 Å². The minimum absolute atomic E-state index is 0.0173. The first kappa shape index (κ1) is 12.3. The number of nitrogens with zero attached hydrogens (tertiary/aromatic N) is 1. The van der Waals surface area contributed by atoms with Gasteiger partial charge in [-0.05, 0) is 19.1 Å². The van der Waals surface area contributed by atoms with E-state index < -0.39 is 0 Å². The number of amides is 1. The Morgan fingerprint density at radius 1 is 1.71 bits per heavy atom. The van der Waals surface area contributed by atoms with E-state index in [2.05, 4.69) is 15.6 Å². The summed E-state index contributed by atoms with van der Waals surface area (Å²) in [7, 11) is 0. The summed E-state index contributed by atoms with van der Waals surface area (Å²) in [5.41, 5.74) is 0.274. The van der Waals surface area contributed by atoms with E-state index in [-0.39, 0.29) is 23.3 Å². The molecular weight excluding hydrogens is 242 g/mol. The molecule has 0 atom stereocenters. The van der Waals surface area contributed by atoms with Crippen LogP contribution >= 0.6 is 11.6 Å². The van der Waals surface area contributed by atoms with Crippen molar-refractivity contribution in [1.29, 1.82) is 0 Å². The summed E-state index contributed by atoms with van der Waals surface area (Å²) in [4.78, 5) is 15.5. The molecule has 1 saturated heterocycles. The van der Waals surface area contributed by atoms with Crippen LogP contribution < -0.4 is 10.6 Å². The molecule has 5 nitrogen and oxygen atoms in total. The zero-order chi connectivity index (χ0) is 12.3. The average molecular weight is 256 g/mol. The molecule has 92 valence electrons. The number of aromatic nitrogens is 1. The summed E-state index contributed by atoms with van der Waals surface area (Å²) >= 11 is 5.82. The molecule has 6 heteroatoms. The zero-order valence-electron chi connectivity index (χ0n) is 9.50. The van der Waals surface area contributed by atoms with Crippen molar-refractivity contribution in [3.8, 4) is 0 Å². The molecule has 0 aliphatic carbocycles. The van der Waals surface area contributed by atoms with Gasteiger partial charge in [0.05, 0.1) is 11.3 Å². The van der Waals surface area contributed by atoms with Crippen molar-refractivity contribution in [2.75, 3.05) is 25.0 Å². The number of anilines is 1. The van der Waals surface area contributed by atoms with Gasteiger partial charge in [-0.15, -0.1) is 0 Å². The maximum absolute atomic E-state index is 11.6. The molecule has 2 N–H and O–H groups in total. The molecule has 0 radical (unpaired) electrons. The molecule has 0 unspecified atom stereocenters. The molecule has 0 aromatic carbocycles. The quantitative estimate of drug-likeness (QED) is 0.790. The fourth-order valence-electron chi connectivity index (χ4n) is 1.48. The van der Waals surface area contributed by atoms with E-state index in [1.54, 1.807) is 18.3 Å². The van der Waals surface area contributed by atoms with Crippen molar-refractivity contribution in [2.24, 2.45) is 0 Å². The fraction of sp³-hybridized carbons (Fsp3) is 0.455. The van der Waals surface area contributed by atoms with Gasteiger partial charge in [-0.2, -0.15) is 0 Å². The number of rotatable bonds is 4. The summed E-state index contributed by atoms with van der Waals surface area (Å²) in [5.74, 6) is -0.229. The number of pyridine rings is 1. The third kappa shape index (κ3) is 3.15. The molecule has 1 amide bonds. The molecule has 2 rings (SSSR count). The van der Waals surface area contributed by atoms with Gasteiger partial charge in [-0.25, -0.2) is 4.98 Å². The smallest absolute Gasteiger partial charge is 0.250 e. The Hall–Kier alpha value is -1.17. The Labute approximate surface area is 105 Å². The molecule has 17 heavy (non-hydrogen) atoms. The van der Waals surface area contributed by atoms with E-state index in [0.717, 1.165) is 13.1 Å². The largest absolute Gasteiger partial charge is 0.363 e. The van der Waals surface area contributed by atoms with Gasteiger partial charge < -0.3 is 15.4 Å². The second-order valence-corrected chi connectivity index (χ2v) is 4.59. The van der Waals surface area contributed by atoms with E-state index in [1.165, 1.54) is 0 Å². The highest BCUT2D eigenvalue weighted by atomic mass is 35.5. The van der Waals surface area contributed by atoms with E-state index in [1.807, 2.05) is 6.92 Å². The number of nitrogens with one attached hydrogen (secondary N) is 2. The Balaban J connectivity index is 1.83. The Morgan fingerprint density at radius 3 is 3.06 bits per heavy atom. The Bertz CT molecular complexity index is 421. The van der Waals surface area contributed by atoms with Crippen molar-refractivity contribution in [3.05, 3.63) is 23.5 Å². The lowest BCUT2D eigenvalue weighted by atomic mass is 10.0. The van der Waals surface area contributed by atoms with E-state index in [0.29, 0.717) is 5.69 Å². The number of hydrogen-bond donors (Lipinski definition) is 2. The van der Waals surface area contributed by atoms with Gasteiger partial charge in [0.2, 0.25) is 5.91 Å². The number of carbonyl (C=O) groups excluding carboxylic acids is 1. The molecule has 0 saturated carbocycles. The minimum Gasteiger partial charge on any atom is -0.363 e. The van der Waals surface area contributed by atoms with Gasteiger partial charge in [-0.3, -0.25) is 4.79 Å². The van der Waals surface area contributed by atoms with Crippen molar-refractivity contribution < 1.29 is 9.53 Å². The van der Waals surface area contributed by atoms with Gasteiger partial charge in [0, 0.05) is 19.3 Å². The topological polar surface area (TPSA) is 63.2 Å². The van der Waals surface area contributed by atoms with Crippen molar-refractivity contribution in [3.63, 3.8) is 0 Å². The predicted octanol–water partition coefficient (Wildman–Crippen LogP) is 1.05. The van der Waals surface area contributed by atoms with E-state index in [9.17, 15) is 4.79 Å². The minimum atomic E-state index is -0.229. The summed E-state index contributed by atoms with van der Waals surface area (Å²) in [6.07, 6.45) is 1.57. The third-order valence-electron chi connectivity index (χ3n) is 2.58. The third-order valence-corrected chi connectivity index (χ3v) is 2.88. The molecule has 1 fully saturated rings. The first-order valence-corrected chi connectivity index (χ1v) is 5.72. The standard InChI is InChI=1S/C11H14ClN3O2/c1-11(6-13-7-11)17-5-9(16)15-8-3-2-4-14-10(8)12/h2-4,13H,5-7H2,1H3,(H,15,16). The molecule has 0 bridgehead atoms. The summed E-state index contributed by atoms with van der Waals surface area (Å²) in [5, 5.41) is 6.02. The maximum Gasteiger partial charge on any atom is 0.250 e. The van der Waals surface area contributed by atoms with Crippen LogP contribution in [-0.4, -0.2) is 36.2 Å². The number of ether oxygens (including phenoxy) is 1. The highest BCUT2D eigenvalue weighted by Crippen LogP contribution is 2.18. The molecular formula is C11H14ClN3O2. The summed E-state index contributed by atoms with van der Waals surface area (Å²) in [6, 6.07) is 3.40. The lowest BCUT2D eigenvalue weighted by Crippen LogP contribution is -2.59. The number of halogens is 1. The van der Waals surface area contributed by atoms with Crippen LogP contribution in [0.5, 0.6) is 0 Å². The molecule has 1 aliphatic heterocycles. The van der Waals surface area contributed by atoms with Crippen molar-refractivity contribution in [2.45, 2.75) is 12.5 Å². The van der Waals surface area contributed by atoms with Crippen LogP contribution in [0.1, 0.15) is 6.92 Å². The Morgan fingerprint density at radius 2 is 2.47 bits per heavy atom. The summed E-state index contributed by atoms with van der Waals surface area (Å²) in [6.45, 7) is 3.53. The molecule has 0 spiro atoms. The van der Waals surface area contributed by atoms with E-state index >= 15 is 0 Å². The van der Waals surface area contributed by atoms with Crippen molar-refractivity contribution in [1.82, 2.24) is 10.3 Å². The Kier molecular flexibility index (Phi) is 3.61. The molecule has 1 aromatic heterocycles. The molecule has 1 aromatic rings. The van der Waals surface area contributed by atoms with Crippen LogP contribution in [0.4, 0.5) is 5.69 Å². The SMILES string of the molecule is CC1(OCC(=O)Nc2cccnc2Cl)CNC1. The second kappa shape index (κ2) is 5.00. The van der Waals surface area contributed by atoms with Gasteiger partial charge in [0.1, 0.15) is 6.61 Å². The number of hydrogen-bond acceptors (Lipinski definition) is 4. The predicted molar refractivity (Wildman–Crippen MR) is 65.1 cm³/mol. The highest BCUT2D eigenvalue weighted by Gasteiger charge is 2.33. The van der Waals surface area contributed by atoms with Crippen LogP contribution in [0, 0.1) is 0 Å². The normalized spacial score (nSPS) is 17.3.